The second-order valence-corrected chi connectivity index (χ2v) is 5.78. The van der Waals surface area contributed by atoms with Crippen LogP contribution in [-0.2, 0) is 11.3 Å². The van der Waals surface area contributed by atoms with E-state index in [1.165, 1.54) is 0 Å². The van der Waals surface area contributed by atoms with Crippen molar-refractivity contribution in [1.82, 2.24) is 10.6 Å². The fourth-order valence-electron chi connectivity index (χ4n) is 2.03. The summed E-state index contributed by atoms with van der Waals surface area (Å²) in [5.74, 6) is 0.888. The smallest absolute Gasteiger partial charge is 0.237 e. The topological polar surface area (TPSA) is 67.1 Å². The van der Waals surface area contributed by atoms with Crippen LogP contribution >= 0.6 is 12.6 Å². The molecule has 1 amide bonds. The third-order valence-corrected chi connectivity index (χ3v) is 4.11. The van der Waals surface area contributed by atoms with Gasteiger partial charge >= 0.3 is 0 Å². The summed E-state index contributed by atoms with van der Waals surface area (Å²) < 4.78 is 0. The quantitative estimate of drug-likeness (QED) is 0.523. The molecule has 0 aliphatic carbocycles. The number of carbonyl (C=O) groups is 1. The van der Waals surface area contributed by atoms with Crippen LogP contribution in [-0.4, -0.2) is 30.3 Å². The lowest BCUT2D eigenvalue weighted by molar-refractivity contribution is -0.124. The molecule has 0 aliphatic rings. The Balaban J connectivity index is 2.54. The first-order valence-corrected chi connectivity index (χ1v) is 8.13. The second kappa shape index (κ2) is 9.82. The fraction of sp³-hybridized carbons (Fsp3) is 0.562. The van der Waals surface area contributed by atoms with E-state index in [0.29, 0.717) is 18.8 Å². The van der Waals surface area contributed by atoms with Gasteiger partial charge in [-0.25, -0.2) is 0 Å². The van der Waals surface area contributed by atoms with Crippen LogP contribution in [0.1, 0.15) is 25.8 Å². The molecule has 4 N–H and O–H groups in total. The number of carbonyl (C=O) groups excluding carboxylic acids is 1. The Bertz CT molecular complexity index is 413. The number of rotatable bonds is 9. The molecule has 118 valence electrons. The first-order chi connectivity index (χ1) is 10.1. The molecule has 5 heteroatoms. The SMILES string of the molecule is CC[C@H](C)[C@H](NC[C@@H](N)CS)C(=O)NCc1ccccc1. The molecule has 0 spiro atoms. The monoisotopic (exact) mass is 309 g/mol. The van der Waals surface area contributed by atoms with Gasteiger partial charge in [0.2, 0.25) is 5.91 Å². The van der Waals surface area contributed by atoms with Gasteiger partial charge in [0.1, 0.15) is 0 Å². The molecule has 1 aromatic carbocycles. The Morgan fingerprint density at radius 2 is 2.00 bits per heavy atom. The van der Waals surface area contributed by atoms with Crippen molar-refractivity contribution >= 4 is 18.5 Å². The average molecular weight is 309 g/mol. The van der Waals surface area contributed by atoms with Crippen molar-refractivity contribution in [2.24, 2.45) is 11.7 Å². The molecule has 0 saturated carbocycles. The van der Waals surface area contributed by atoms with Crippen LogP contribution in [0.3, 0.4) is 0 Å². The second-order valence-electron chi connectivity index (χ2n) is 5.42. The first kappa shape index (κ1) is 18.0. The van der Waals surface area contributed by atoms with Crippen molar-refractivity contribution < 1.29 is 4.79 Å². The number of benzene rings is 1. The minimum absolute atomic E-state index is 0.0274. The predicted octanol–water partition coefficient (Wildman–Crippen LogP) is 1.56. The molecule has 0 aliphatic heterocycles. The fourth-order valence-corrected chi connectivity index (χ4v) is 2.15. The largest absolute Gasteiger partial charge is 0.351 e. The van der Waals surface area contributed by atoms with Gasteiger partial charge in [-0.05, 0) is 11.5 Å². The predicted molar refractivity (Wildman–Crippen MR) is 91.4 cm³/mol. The van der Waals surface area contributed by atoms with Gasteiger partial charge in [0.05, 0.1) is 6.04 Å². The van der Waals surface area contributed by atoms with Gasteiger partial charge in [0.15, 0.2) is 0 Å². The van der Waals surface area contributed by atoms with Gasteiger partial charge in [0.25, 0.3) is 0 Å². The van der Waals surface area contributed by atoms with E-state index in [1.54, 1.807) is 0 Å². The number of hydrogen-bond donors (Lipinski definition) is 4. The summed E-state index contributed by atoms with van der Waals surface area (Å²) in [6.07, 6.45) is 0.937. The number of nitrogens with two attached hydrogens (primary N) is 1. The Morgan fingerprint density at radius 1 is 1.33 bits per heavy atom. The van der Waals surface area contributed by atoms with E-state index in [-0.39, 0.29) is 23.9 Å². The van der Waals surface area contributed by atoms with Gasteiger partial charge in [-0.1, -0.05) is 50.6 Å². The Labute approximate surface area is 133 Å². The van der Waals surface area contributed by atoms with Gasteiger partial charge in [0, 0.05) is 24.9 Å². The molecule has 0 bridgehead atoms. The van der Waals surface area contributed by atoms with Gasteiger partial charge in [-0.3, -0.25) is 4.79 Å². The zero-order chi connectivity index (χ0) is 15.7. The average Bonchev–Trinajstić information content (AvgIpc) is 2.53. The minimum Gasteiger partial charge on any atom is -0.351 e. The summed E-state index contributed by atoms with van der Waals surface area (Å²) in [4.78, 5) is 12.4. The van der Waals surface area contributed by atoms with Crippen molar-refractivity contribution in [2.45, 2.75) is 38.9 Å². The summed E-state index contributed by atoms with van der Waals surface area (Å²) in [6, 6.07) is 9.65. The lowest BCUT2D eigenvalue weighted by Gasteiger charge is -2.25. The first-order valence-electron chi connectivity index (χ1n) is 7.49. The summed E-state index contributed by atoms with van der Waals surface area (Å²) in [6.45, 7) is 5.30. The molecular weight excluding hydrogens is 282 g/mol. The normalized spacial score (nSPS) is 15.2. The summed E-state index contributed by atoms with van der Waals surface area (Å²) >= 11 is 4.17. The van der Waals surface area contributed by atoms with Gasteiger partial charge in [-0.2, -0.15) is 12.6 Å². The zero-order valence-corrected chi connectivity index (χ0v) is 13.8. The van der Waals surface area contributed by atoms with Gasteiger partial charge in [-0.15, -0.1) is 0 Å². The van der Waals surface area contributed by atoms with Crippen LogP contribution in [0.15, 0.2) is 30.3 Å². The van der Waals surface area contributed by atoms with Crippen LogP contribution in [0.25, 0.3) is 0 Å². The molecule has 1 aromatic rings. The minimum atomic E-state index is -0.218. The van der Waals surface area contributed by atoms with E-state index in [0.717, 1.165) is 12.0 Å². The molecule has 4 nitrogen and oxygen atoms in total. The number of amides is 1. The number of hydrogen-bond acceptors (Lipinski definition) is 4. The third kappa shape index (κ3) is 6.50. The van der Waals surface area contributed by atoms with E-state index in [2.05, 4.69) is 37.1 Å². The molecule has 0 aromatic heterocycles. The van der Waals surface area contributed by atoms with E-state index in [9.17, 15) is 4.79 Å². The van der Waals surface area contributed by atoms with E-state index < -0.39 is 0 Å². The van der Waals surface area contributed by atoms with Gasteiger partial charge < -0.3 is 16.4 Å². The lowest BCUT2D eigenvalue weighted by Crippen LogP contribution is -2.51. The molecule has 0 heterocycles. The van der Waals surface area contributed by atoms with Crippen molar-refractivity contribution in [3.63, 3.8) is 0 Å². The van der Waals surface area contributed by atoms with Crippen LogP contribution in [0, 0.1) is 5.92 Å². The molecule has 0 unspecified atom stereocenters. The maximum Gasteiger partial charge on any atom is 0.237 e. The maximum absolute atomic E-state index is 12.4. The van der Waals surface area contributed by atoms with E-state index in [1.807, 2.05) is 30.3 Å². The Hall–Kier alpha value is -1.04. The molecule has 3 atom stereocenters. The lowest BCUT2D eigenvalue weighted by atomic mass is 9.98. The molecule has 0 fully saturated rings. The highest BCUT2D eigenvalue weighted by atomic mass is 32.1. The Morgan fingerprint density at radius 3 is 2.57 bits per heavy atom. The van der Waals surface area contributed by atoms with E-state index in [4.69, 9.17) is 5.73 Å². The van der Waals surface area contributed by atoms with Crippen LogP contribution in [0.2, 0.25) is 0 Å². The van der Waals surface area contributed by atoms with Crippen molar-refractivity contribution in [2.75, 3.05) is 12.3 Å². The zero-order valence-electron chi connectivity index (χ0n) is 12.9. The number of thiol groups is 1. The molecular formula is C16H27N3OS. The standard InChI is InChI=1S/C16H27N3OS/c1-3-12(2)15(18-10-14(17)11-21)16(20)19-9-13-7-5-4-6-8-13/h4-8,12,14-15,18,21H,3,9-11,17H2,1-2H3,(H,19,20)/t12-,14+,15-/m0/s1. The van der Waals surface area contributed by atoms with Crippen molar-refractivity contribution in [3.05, 3.63) is 35.9 Å². The maximum atomic E-state index is 12.4. The molecule has 1 rings (SSSR count). The highest BCUT2D eigenvalue weighted by molar-refractivity contribution is 7.80. The summed E-state index contributed by atoms with van der Waals surface area (Å²) in [5, 5.41) is 6.27. The van der Waals surface area contributed by atoms with Crippen LogP contribution < -0.4 is 16.4 Å². The summed E-state index contributed by atoms with van der Waals surface area (Å²) in [5.41, 5.74) is 6.96. The number of nitrogens with one attached hydrogen (secondary N) is 2. The van der Waals surface area contributed by atoms with Crippen molar-refractivity contribution in [3.8, 4) is 0 Å². The highest BCUT2D eigenvalue weighted by Gasteiger charge is 2.23. The Kier molecular flexibility index (Phi) is 8.42. The highest BCUT2D eigenvalue weighted by Crippen LogP contribution is 2.08. The van der Waals surface area contributed by atoms with E-state index >= 15 is 0 Å². The molecule has 0 radical (unpaired) electrons. The molecule has 0 saturated heterocycles. The van der Waals surface area contributed by atoms with Crippen LogP contribution in [0.4, 0.5) is 0 Å². The summed E-state index contributed by atoms with van der Waals surface area (Å²) in [7, 11) is 0. The van der Waals surface area contributed by atoms with Crippen molar-refractivity contribution in [1.29, 1.82) is 0 Å². The van der Waals surface area contributed by atoms with Crippen LogP contribution in [0.5, 0.6) is 0 Å². The molecule has 21 heavy (non-hydrogen) atoms. The third-order valence-electron chi connectivity index (χ3n) is 3.64.